The first-order valence-electron chi connectivity index (χ1n) is 5.27. The Labute approximate surface area is 98.8 Å². The second-order valence-corrected chi connectivity index (χ2v) is 5.70. The van der Waals surface area contributed by atoms with Gasteiger partial charge in [0.05, 0.1) is 10.4 Å². The molecule has 0 aliphatic carbocycles. The highest BCUT2D eigenvalue weighted by Gasteiger charge is 2.19. The number of thiophene rings is 1. The van der Waals surface area contributed by atoms with Crippen LogP contribution in [-0.2, 0) is 4.74 Å². The van der Waals surface area contributed by atoms with Gasteiger partial charge in [-0.15, -0.1) is 11.3 Å². The Morgan fingerprint density at radius 3 is 2.80 bits per heavy atom. The minimum absolute atomic E-state index is 0.356. The summed E-state index contributed by atoms with van der Waals surface area (Å²) in [5, 5.41) is 10.00. The van der Waals surface area contributed by atoms with Crippen molar-refractivity contribution in [2.24, 2.45) is 5.92 Å². The van der Waals surface area contributed by atoms with Crippen LogP contribution in [-0.4, -0.2) is 18.3 Å². The Hall–Kier alpha value is -0.0900. The van der Waals surface area contributed by atoms with Gasteiger partial charge < -0.3 is 9.84 Å². The number of halogens is 1. The summed E-state index contributed by atoms with van der Waals surface area (Å²) in [6.45, 7) is 1.67. The Morgan fingerprint density at radius 2 is 2.20 bits per heavy atom. The molecule has 0 amide bonds. The number of aliphatic hydroxyl groups is 1. The topological polar surface area (TPSA) is 29.5 Å². The van der Waals surface area contributed by atoms with Crippen LogP contribution in [0.2, 0.25) is 4.34 Å². The first-order chi connectivity index (χ1) is 7.25. The van der Waals surface area contributed by atoms with Gasteiger partial charge in [-0.2, -0.15) is 0 Å². The smallest absolute Gasteiger partial charge is 0.0932 e. The fraction of sp³-hybridized carbons (Fsp3) is 0.636. The van der Waals surface area contributed by atoms with Gasteiger partial charge in [0.1, 0.15) is 0 Å². The second-order valence-electron chi connectivity index (χ2n) is 3.95. The lowest BCUT2D eigenvalue weighted by atomic mass is 9.93. The zero-order valence-corrected chi connectivity index (χ0v) is 10.1. The summed E-state index contributed by atoms with van der Waals surface area (Å²) in [5.41, 5.74) is 0. The molecule has 1 aliphatic rings. The van der Waals surface area contributed by atoms with Crippen LogP contribution in [0, 0.1) is 5.92 Å². The van der Waals surface area contributed by atoms with Gasteiger partial charge in [-0.1, -0.05) is 11.6 Å². The Morgan fingerprint density at radius 1 is 1.47 bits per heavy atom. The molecule has 84 valence electrons. The predicted molar refractivity (Wildman–Crippen MR) is 62.4 cm³/mol. The molecule has 4 heteroatoms. The van der Waals surface area contributed by atoms with Gasteiger partial charge in [0, 0.05) is 18.1 Å². The molecule has 0 bridgehead atoms. The van der Waals surface area contributed by atoms with Crippen LogP contribution < -0.4 is 0 Å². The van der Waals surface area contributed by atoms with Crippen molar-refractivity contribution < 1.29 is 9.84 Å². The van der Waals surface area contributed by atoms with Crippen molar-refractivity contribution in [1.82, 2.24) is 0 Å². The van der Waals surface area contributed by atoms with Gasteiger partial charge in [0.25, 0.3) is 0 Å². The fourth-order valence-electron chi connectivity index (χ4n) is 1.92. The molecule has 2 heterocycles. The zero-order valence-electron chi connectivity index (χ0n) is 8.49. The minimum atomic E-state index is -0.356. The SMILES string of the molecule is OC(CC1CCOCC1)c1ccc(Cl)s1. The van der Waals surface area contributed by atoms with Crippen LogP contribution in [0.3, 0.4) is 0 Å². The summed E-state index contributed by atoms with van der Waals surface area (Å²) in [7, 11) is 0. The molecule has 0 spiro atoms. The van der Waals surface area contributed by atoms with E-state index in [2.05, 4.69) is 0 Å². The average molecular weight is 247 g/mol. The third-order valence-corrected chi connectivity index (χ3v) is 4.15. The monoisotopic (exact) mass is 246 g/mol. The van der Waals surface area contributed by atoms with Crippen molar-refractivity contribution in [3.05, 3.63) is 21.3 Å². The lowest BCUT2D eigenvalue weighted by Crippen LogP contribution is -2.17. The second kappa shape index (κ2) is 5.30. The van der Waals surface area contributed by atoms with Gasteiger partial charge >= 0.3 is 0 Å². The van der Waals surface area contributed by atoms with Gasteiger partial charge in [-0.3, -0.25) is 0 Å². The molecule has 1 saturated heterocycles. The molecule has 2 rings (SSSR count). The highest BCUT2D eigenvalue weighted by molar-refractivity contribution is 7.16. The lowest BCUT2D eigenvalue weighted by molar-refractivity contribution is 0.0442. The average Bonchev–Trinajstić information content (AvgIpc) is 2.66. The van der Waals surface area contributed by atoms with E-state index in [1.54, 1.807) is 0 Å². The van der Waals surface area contributed by atoms with E-state index < -0.39 is 0 Å². The van der Waals surface area contributed by atoms with Crippen molar-refractivity contribution in [2.45, 2.75) is 25.4 Å². The Kier molecular flexibility index (Phi) is 4.03. The van der Waals surface area contributed by atoms with E-state index in [9.17, 15) is 5.11 Å². The summed E-state index contributed by atoms with van der Waals surface area (Å²) in [6.07, 6.45) is 2.61. The fourth-order valence-corrected chi connectivity index (χ4v) is 2.98. The summed E-state index contributed by atoms with van der Waals surface area (Å²) < 4.78 is 6.04. The molecular formula is C11H15ClO2S. The maximum atomic E-state index is 10.00. The normalized spacial score (nSPS) is 20.4. The van der Waals surface area contributed by atoms with E-state index in [0.29, 0.717) is 5.92 Å². The lowest BCUT2D eigenvalue weighted by Gasteiger charge is -2.23. The number of ether oxygens (including phenoxy) is 1. The van der Waals surface area contributed by atoms with E-state index >= 15 is 0 Å². The molecule has 1 aliphatic heterocycles. The molecule has 1 N–H and O–H groups in total. The van der Waals surface area contributed by atoms with Crippen LogP contribution in [0.5, 0.6) is 0 Å². The number of rotatable bonds is 3. The van der Waals surface area contributed by atoms with Crippen LogP contribution in [0.25, 0.3) is 0 Å². The molecule has 1 aromatic heterocycles. The molecule has 0 radical (unpaired) electrons. The van der Waals surface area contributed by atoms with Crippen molar-refractivity contribution in [3.8, 4) is 0 Å². The Balaban J connectivity index is 1.88. The van der Waals surface area contributed by atoms with Crippen LogP contribution in [0.15, 0.2) is 12.1 Å². The molecule has 0 saturated carbocycles. The van der Waals surface area contributed by atoms with Crippen molar-refractivity contribution in [2.75, 3.05) is 13.2 Å². The van der Waals surface area contributed by atoms with E-state index in [-0.39, 0.29) is 6.10 Å². The maximum absolute atomic E-state index is 10.00. The number of aliphatic hydroxyl groups excluding tert-OH is 1. The molecule has 1 atom stereocenters. The van der Waals surface area contributed by atoms with Crippen LogP contribution in [0.1, 0.15) is 30.2 Å². The molecule has 1 aromatic rings. The standard InChI is InChI=1S/C11H15ClO2S/c12-11-2-1-10(15-11)9(13)7-8-3-5-14-6-4-8/h1-2,8-9,13H,3-7H2. The van der Waals surface area contributed by atoms with E-state index in [1.165, 1.54) is 11.3 Å². The minimum Gasteiger partial charge on any atom is -0.388 e. The summed E-state index contributed by atoms with van der Waals surface area (Å²) >= 11 is 7.30. The quantitative estimate of drug-likeness (QED) is 0.887. The first-order valence-corrected chi connectivity index (χ1v) is 6.46. The molecule has 0 aromatic carbocycles. The third kappa shape index (κ3) is 3.18. The molecule has 2 nitrogen and oxygen atoms in total. The Bertz CT molecular complexity index is 307. The van der Waals surface area contributed by atoms with Crippen molar-refractivity contribution in [1.29, 1.82) is 0 Å². The van der Waals surface area contributed by atoms with Gasteiger partial charge in [0.15, 0.2) is 0 Å². The number of hydrogen-bond acceptors (Lipinski definition) is 3. The van der Waals surface area contributed by atoms with Crippen LogP contribution >= 0.6 is 22.9 Å². The highest BCUT2D eigenvalue weighted by atomic mass is 35.5. The maximum Gasteiger partial charge on any atom is 0.0932 e. The molecular weight excluding hydrogens is 232 g/mol. The number of hydrogen-bond donors (Lipinski definition) is 1. The first kappa shape index (κ1) is 11.4. The molecule has 15 heavy (non-hydrogen) atoms. The van der Waals surface area contributed by atoms with E-state index in [0.717, 1.165) is 41.7 Å². The van der Waals surface area contributed by atoms with Crippen molar-refractivity contribution in [3.63, 3.8) is 0 Å². The van der Waals surface area contributed by atoms with Gasteiger partial charge in [-0.25, -0.2) is 0 Å². The summed E-state index contributed by atoms with van der Waals surface area (Å²) in [4.78, 5) is 0.978. The molecule has 1 unspecified atom stereocenters. The predicted octanol–water partition coefficient (Wildman–Crippen LogP) is 3.25. The largest absolute Gasteiger partial charge is 0.388 e. The summed E-state index contributed by atoms with van der Waals surface area (Å²) in [6, 6.07) is 3.76. The van der Waals surface area contributed by atoms with Crippen LogP contribution in [0.4, 0.5) is 0 Å². The van der Waals surface area contributed by atoms with E-state index in [1.807, 2.05) is 12.1 Å². The van der Waals surface area contributed by atoms with Gasteiger partial charge in [0.2, 0.25) is 0 Å². The van der Waals surface area contributed by atoms with Gasteiger partial charge in [-0.05, 0) is 37.3 Å². The molecule has 1 fully saturated rings. The summed E-state index contributed by atoms with van der Waals surface area (Å²) in [5.74, 6) is 0.592. The van der Waals surface area contributed by atoms with Crippen molar-refractivity contribution >= 4 is 22.9 Å². The zero-order chi connectivity index (χ0) is 10.7. The third-order valence-electron chi connectivity index (χ3n) is 2.82. The highest BCUT2D eigenvalue weighted by Crippen LogP contribution is 2.32. The van der Waals surface area contributed by atoms with E-state index in [4.69, 9.17) is 16.3 Å².